The second kappa shape index (κ2) is 5.63. The van der Waals surface area contributed by atoms with E-state index in [0.29, 0.717) is 0 Å². The first-order chi connectivity index (χ1) is 9.36. The maximum atomic E-state index is 5.39. The number of thiophene rings is 1. The van der Waals surface area contributed by atoms with Crippen molar-refractivity contribution in [2.75, 3.05) is 23.4 Å². The van der Waals surface area contributed by atoms with Crippen LogP contribution in [0.4, 0.5) is 11.4 Å². The molecule has 2 heterocycles. The van der Waals surface area contributed by atoms with Crippen molar-refractivity contribution in [1.82, 2.24) is 0 Å². The van der Waals surface area contributed by atoms with Crippen molar-refractivity contribution in [3.8, 4) is 0 Å². The molecule has 4 heteroatoms. The lowest BCUT2D eigenvalue weighted by Crippen LogP contribution is -2.32. The van der Waals surface area contributed by atoms with Gasteiger partial charge in [-0.3, -0.25) is 5.84 Å². The highest BCUT2D eigenvalue weighted by Gasteiger charge is 2.21. The first kappa shape index (κ1) is 12.5. The quantitative estimate of drug-likeness (QED) is 0.665. The van der Waals surface area contributed by atoms with E-state index in [1.807, 2.05) is 23.5 Å². The van der Waals surface area contributed by atoms with Crippen molar-refractivity contribution in [1.29, 1.82) is 0 Å². The summed E-state index contributed by atoms with van der Waals surface area (Å²) in [5.41, 5.74) is 4.92. The SMILES string of the molecule is NNc1ccc(N2CCC(c3cccs3)CC2)cc1. The number of nitrogens with one attached hydrogen (secondary N) is 1. The van der Waals surface area contributed by atoms with Crippen LogP contribution in [-0.4, -0.2) is 13.1 Å². The Bertz CT molecular complexity index is 499. The molecule has 0 bridgehead atoms. The summed E-state index contributed by atoms with van der Waals surface area (Å²) in [7, 11) is 0. The lowest BCUT2D eigenvalue weighted by Gasteiger charge is -2.33. The molecule has 3 nitrogen and oxygen atoms in total. The number of rotatable bonds is 3. The van der Waals surface area contributed by atoms with Gasteiger partial charge < -0.3 is 10.3 Å². The van der Waals surface area contributed by atoms with Crippen LogP contribution in [0.2, 0.25) is 0 Å². The standard InChI is InChI=1S/C15H19N3S/c16-17-13-3-5-14(6-4-13)18-9-7-12(8-10-18)15-2-1-11-19-15/h1-6,11-12,17H,7-10,16H2. The van der Waals surface area contributed by atoms with Crippen LogP contribution in [0.5, 0.6) is 0 Å². The first-order valence-electron chi connectivity index (χ1n) is 6.72. The molecule has 1 saturated heterocycles. The average Bonchev–Trinajstić information content (AvgIpc) is 3.02. The van der Waals surface area contributed by atoms with Gasteiger partial charge in [-0.2, -0.15) is 0 Å². The van der Waals surface area contributed by atoms with E-state index in [1.165, 1.54) is 18.5 Å². The summed E-state index contributed by atoms with van der Waals surface area (Å²) in [5, 5.41) is 2.18. The molecule has 1 fully saturated rings. The van der Waals surface area contributed by atoms with Gasteiger partial charge in [0.1, 0.15) is 0 Å². The molecule has 0 unspecified atom stereocenters. The van der Waals surface area contributed by atoms with Crippen LogP contribution in [0, 0.1) is 0 Å². The minimum atomic E-state index is 0.751. The molecule has 0 amide bonds. The third-order valence-electron chi connectivity index (χ3n) is 3.84. The van der Waals surface area contributed by atoms with Gasteiger partial charge in [0.15, 0.2) is 0 Å². The molecule has 3 N–H and O–H groups in total. The molecule has 1 aliphatic rings. The summed E-state index contributed by atoms with van der Waals surface area (Å²) in [4.78, 5) is 4.01. The maximum absolute atomic E-state index is 5.39. The summed E-state index contributed by atoms with van der Waals surface area (Å²) in [6.45, 7) is 2.27. The van der Waals surface area contributed by atoms with Gasteiger partial charge in [0.05, 0.1) is 0 Å². The number of nitrogen functional groups attached to an aromatic ring is 1. The lowest BCUT2D eigenvalue weighted by molar-refractivity contribution is 0.511. The molecule has 0 aliphatic carbocycles. The fourth-order valence-corrected chi connectivity index (χ4v) is 3.61. The zero-order valence-electron chi connectivity index (χ0n) is 10.9. The van der Waals surface area contributed by atoms with E-state index in [0.717, 1.165) is 24.7 Å². The van der Waals surface area contributed by atoms with Crippen LogP contribution >= 0.6 is 11.3 Å². The van der Waals surface area contributed by atoms with E-state index in [1.54, 1.807) is 4.88 Å². The summed E-state index contributed by atoms with van der Waals surface area (Å²) in [6, 6.07) is 12.8. The van der Waals surface area contributed by atoms with Gasteiger partial charge in [0, 0.05) is 29.3 Å². The number of piperidine rings is 1. The highest BCUT2D eigenvalue weighted by molar-refractivity contribution is 7.10. The van der Waals surface area contributed by atoms with Crippen molar-refractivity contribution in [2.24, 2.45) is 5.84 Å². The van der Waals surface area contributed by atoms with Crippen LogP contribution in [-0.2, 0) is 0 Å². The van der Waals surface area contributed by atoms with E-state index >= 15 is 0 Å². The molecule has 2 aromatic rings. The zero-order valence-corrected chi connectivity index (χ0v) is 11.7. The summed E-state index contributed by atoms with van der Waals surface area (Å²) >= 11 is 1.89. The van der Waals surface area contributed by atoms with Crippen molar-refractivity contribution in [3.05, 3.63) is 46.7 Å². The first-order valence-corrected chi connectivity index (χ1v) is 7.60. The molecule has 100 valence electrons. The minimum Gasteiger partial charge on any atom is -0.371 e. The Morgan fingerprint density at radius 2 is 1.84 bits per heavy atom. The molecule has 0 atom stereocenters. The number of hydrazine groups is 1. The van der Waals surface area contributed by atoms with E-state index in [-0.39, 0.29) is 0 Å². The number of nitrogens with two attached hydrogens (primary N) is 1. The molecule has 1 aromatic carbocycles. The molecular formula is C15H19N3S. The largest absolute Gasteiger partial charge is 0.371 e. The molecule has 19 heavy (non-hydrogen) atoms. The highest BCUT2D eigenvalue weighted by atomic mass is 32.1. The summed E-state index contributed by atoms with van der Waals surface area (Å²) in [6.07, 6.45) is 2.49. The number of nitrogens with zero attached hydrogens (tertiary/aromatic N) is 1. The zero-order chi connectivity index (χ0) is 13.1. The predicted octanol–water partition coefficient (Wildman–Crippen LogP) is 3.42. The average molecular weight is 273 g/mol. The summed E-state index contributed by atoms with van der Waals surface area (Å²) in [5.74, 6) is 6.14. The third-order valence-corrected chi connectivity index (χ3v) is 4.87. The van der Waals surface area contributed by atoms with Crippen molar-refractivity contribution < 1.29 is 0 Å². The fourth-order valence-electron chi connectivity index (χ4n) is 2.71. The van der Waals surface area contributed by atoms with Gasteiger partial charge in [0.25, 0.3) is 0 Å². The van der Waals surface area contributed by atoms with Gasteiger partial charge in [-0.15, -0.1) is 11.3 Å². The molecule has 1 aliphatic heterocycles. The Labute approximate surface area is 118 Å². The Kier molecular flexibility index (Phi) is 3.71. The predicted molar refractivity (Wildman–Crippen MR) is 82.8 cm³/mol. The van der Waals surface area contributed by atoms with Crippen LogP contribution in [0.1, 0.15) is 23.6 Å². The molecular weight excluding hydrogens is 254 g/mol. The van der Waals surface area contributed by atoms with Crippen LogP contribution in [0.25, 0.3) is 0 Å². The van der Waals surface area contributed by atoms with Crippen LogP contribution < -0.4 is 16.2 Å². The number of hydrogen-bond acceptors (Lipinski definition) is 4. The van der Waals surface area contributed by atoms with Gasteiger partial charge in [-0.25, -0.2) is 0 Å². The Balaban J connectivity index is 1.63. The monoisotopic (exact) mass is 273 g/mol. The third kappa shape index (κ3) is 2.74. The molecule has 0 spiro atoms. The second-order valence-corrected chi connectivity index (χ2v) is 5.95. The van der Waals surface area contributed by atoms with E-state index in [9.17, 15) is 0 Å². The second-order valence-electron chi connectivity index (χ2n) is 4.97. The van der Waals surface area contributed by atoms with Gasteiger partial charge in [-0.05, 0) is 54.5 Å². The Hall–Kier alpha value is -1.52. The number of anilines is 2. The molecule has 3 rings (SSSR count). The molecule has 1 aromatic heterocycles. The normalized spacial score (nSPS) is 16.6. The van der Waals surface area contributed by atoms with E-state index in [4.69, 9.17) is 5.84 Å². The lowest BCUT2D eigenvalue weighted by atomic mass is 9.95. The highest BCUT2D eigenvalue weighted by Crippen LogP contribution is 2.32. The van der Waals surface area contributed by atoms with Crippen LogP contribution in [0.3, 0.4) is 0 Å². The smallest absolute Gasteiger partial charge is 0.0486 e. The topological polar surface area (TPSA) is 41.3 Å². The van der Waals surface area contributed by atoms with E-state index in [2.05, 4.69) is 40.0 Å². The van der Waals surface area contributed by atoms with Gasteiger partial charge >= 0.3 is 0 Å². The van der Waals surface area contributed by atoms with Gasteiger partial charge in [-0.1, -0.05) is 6.07 Å². The molecule has 0 saturated carbocycles. The molecule has 0 radical (unpaired) electrons. The van der Waals surface area contributed by atoms with E-state index < -0.39 is 0 Å². The summed E-state index contributed by atoms with van der Waals surface area (Å²) < 4.78 is 0. The Morgan fingerprint density at radius 3 is 2.42 bits per heavy atom. The minimum absolute atomic E-state index is 0.751. The van der Waals surface area contributed by atoms with Crippen molar-refractivity contribution in [3.63, 3.8) is 0 Å². The maximum Gasteiger partial charge on any atom is 0.0486 e. The Morgan fingerprint density at radius 1 is 1.11 bits per heavy atom. The van der Waals surface area contributed by atoms with Crippen molar-refractivity contribution in [2.45, 2.75) is 18.8 Å². The number of hydrogen-bond donors (Lipinski definition) is 2. The van der Waals surface area contributed by atoms with Crippen molar-refractivity contribution >= 4 is 22.7 Å². The van der Waals surface area contributed by atoms with Gasteiger partial charge in [0.2, 0.25) is 0 Å². The number of benzene rings is 1. The fraction of sp³-hybridized carbons (Fsp3) is 0.333. The van der Waals surface area contributed by atoms with Crippen LogP contribution in [0.15, 0.2) is 41.8 Å².